The maximum Gasteiger partial charge on any atom is 0.329 e. The Hall–Kier alpha value is -1.84. The summed E-state index contributed by atoms with van der Waals surface area (Å²) in [6.45, 7) is 4.52. The molecular formula is C15H19NO3. The standard InChI is InChI=1S/C15H19NO3/c1-3-12-13(15(18)19-4-2)16(14(12)17)10-11-8-6-5-7-9-11/h5-9,12-13H,3-4,10H2,1-2H3/t12-,13-/m0/s1. The van der Waals surface area contributed by atoms with Gasteiger partial charge in [0.15, 0.2) is 0 Å². The first-order valence-corrected chi connectivity index (χ1v) is 6.70. The van der Waals surface area contributed by atoms with Gasteiger partial charge in [-0.05, 0) is 18.9 Å². The first-order chi connectivity index (χ1) is 9.19. The Balaban J connectivity index is 2.10. The van der Waals surface area contributed by atoms with Gasteiger partial charge in [0, 0.05) is 6.54 Å². The summed E-state index contributed by atoms with van der Waals surface area (Å²) in [6, 6.07) is 9.27. The average molecular weight is 261 g/mol. The van der Waals surface area contributed by atoms with Crippen LogP contribution in [-0.4, -0.2) is 29.4 Å². The van der Waals surface area contributed by atoms with Crippen LogP contribution >= 0.6 is 0 Å². The van der Waals surface area contributed by atoms with E-state index in [1.807, 2.05) is 37.3 Å². The van der Waals surface area contributed by atoms with Gasteiger partial charge in [0.25, 0.3) is 0 Å². The molecule has 1 fully saturated rings. The van der Waals surface area contributed by atoms with Crippen molar-refractivity contribution in [3.63, 3.8) is 0 Å². The Morgan fingerprint density at radius 3 is 2.53 bits per heavy atom. The number of hydrogen-bond donors (Lipinski definition) is 0. The van der Waals surface area contributed by atoms with Gasteiger partial charge in [-0.2, -0.15) is 0 Å². The third-order valence-electron chi connectivity index (χ3n) is 3.48. The van der Waals surface area contributed by atoms with Crippen LogP contribution in [0, 0.1) is 5.92 Å². The van der Waals surface area contributed by atoms with Crippen molar-refractivity contribution < 1.29 is 14.3 Å². The van der Waals surface area contributed by atoms with Gasteiger partial charge in [-0.25, -0.2) is 4.79 Å². The second-order valence-corrected chi connectivity index (χ2v) is 4.66. The fraction of sp³-hybridized carbons (Fsp3) is 0.467. The summed E-state index contributed by atoms with van der Waals surface area (Å²) in [7, 11) is 0. The summed E-state index contributed by atoms with van der Waals surface area (Å²) in [4.78, 5) is 25.6. The molecule has 1 heterocycles. The molecule has 1 aromatic carbocycles. The van der Waals surface area contributed by atoms with E-state index in [1.54, 1.807) is 11.8 Å². The maximum absolute atomic E-state index is 12.0. The Morgan fingerprint density at radius 1 is 1.26 bits per heavy atom. The highest BCUT2D eigenvalue weighted by Crippen LogP contribution is 2.31. The minimum Gasteiger partial charge on any atom is -0.464 e. The van der Waals surface area contributed by atoms with Crippen molar-refractivity contribution in [3.8, 4) is 0 Å². The predicted octanol–water partition coefficient (Wildman–Crippen LogP) is 1.99. The molecule has 1 saturated heterocycles. The predicted molar refractivity (Wildman–Crippen MR) is 71.2 cm³/mol. The molecule has 1 aliphatic rings. The van der Waals surface area contributed by atoms with E-state index in [9.17, 15) is 9.59 Å². The van der Waals surface area contributed by atoms with Crippen molar-refractivity contribution in [2.24, 2.45) is 5.92 Å². The van der Waals surface area contributed by atoms with E-state index in [0.29, 0.717) is 19.6 Å². The topological polar surface area (TPSA) is 46.6 Å². The fourth-order valence-corrected chi connectivity index (χ4v) is 2.49. The first-order valence-electron chi connectivity index (χ1n) is 6.70. The van der Waals surface area contributed by atoms with Gasteiger partial charge in [0.05, 0.1) is 12.5 Å². The molecule has 19 heavy (non-hydrogen) atoms. The van der Waals surface area contributed by atoms with Crippen LogP contribution in [0.3, 0.4) is 0 Å². The summed E-state index contributed by atoms with van der Waals surface area (Å²) < 4.78 is 5.06. The first kappa shape index (κ1) is 13.6. The van der Waals surface area contributed by atoms with E-state index in [4.69, 9.17) is 4.74 Å². The molecule has 0 radical (unpaired) electrons. The molecule has 4 nitrogen and oxygen atoms in total. The van der Waals surface area contributed by atoms with E-state index in [0.717, 1.165) is 5.56 Å². The molecule has 4 heteroatoms. The second kappa shape index (κ2) is 5.87. The van der Waals surface area contributed by atoms with E-state index >= 15 is 0 Å². The van der Waals surface area contributed by atoms with Gasteiger partial charge in [-0.15, -0.1) is 0 Å². The summed E-state index contributed by atoms with van der Waals surface area (Å²) in [5.74, 6) is -0.461. The van der Waals surface area contributed by atoms with Crippen LogP contribution in [0.4, 0.5) is 0 Å². The lowest BCUT2D eigenvalue weighted by atomic mass is 9.84. The normalized spacial score (nSPS) is 22.0. The van der Waals surface area contributed by atoms with Crippen LogP contribution in [0.1, 0.15) is 25.8 Å². The zero-order valence-corrected chi connectivity index (χ0v) is 11.3. The summed E-state index contributed by atoms with van der Waals surface area (Å²) in [6.07, 6.45) is 0.674. The van der Waals surface area contributed by atoms with Gasteiger partial charge >= 0.3 is 5.97 Å². The number of ether oxygens (including phenoxy) is 1. The minimum atomic E-state index is -0.419. The van der Waals surface area contributed by atoms with E-state index < -0.39 is 6.04 Å². The number of hydrogen-bond acceptors (Lipinski definition) is 3. The van der Waals surface area contributed by atoms with Crippen LogP contribution < -0.4 is 0 Å². The van der Waals surface area contributed by atoms with Crippen LogP contribution in [0.25, 0.3) is 0 Å². The molecule has 0 spiro atoms. The molecule has 1 aliphatic heterocycles. The van der Waals surface area contributed by atoms with Gasteiger partial charge in [0.2, 0.25) is 5.91 Å². The molecule has 102 valence electrons. The Labute approximate surface area is 113 Å². The number of carbonyl (C=O) groups excluding carboxylic acids is 2. The number of β-lactam (4-membered cyclic amide) rings is 1. The monoisotopic (exact) mass is 261 g/mol. The van der Waals surface area contributed by atoms with Crippen molar-refractivity contribution in [2.45, 2.75) is 32.9 Å². The number of amides is 1. The van der Waals surface area contributed by atoms with Crippen LogP contribution in [0.5, 0.6) is 0 Å². The van der Waals surface area contributed by atoms with Crippen molar-refractivity contribution in [3.05, 3.63) is 35.9 Å². The third kappa shape index (κ3) is 2.62. The fourth-order valence-electron chi connectivity index (χ4n) is 2.49. The average Bonchev–Trinajstić information content (AvgIpc) is 2.43. The van der Waals surface area contributed by atoms with Crippen LogP contribution in [0.15, 0.2) is 30.3 Å². The van der Waals surface area contributed by atoms with E-state index in [2.05, 4.69) is 0 Å². The second-order valence-electron chi connectivity index (χ2n) is 4.66. The number of likely N-dealkylation sites (tertiary alicyclic amines) is 1. The van der Waals surface area contributed by atoms with E-state index in [-0.39, 0.29) is 17.8 Å². The molecule has 0 unspecified atom stereocenters. The number of nitrogens with zero attached hydrogens (tertiary/aromatic N) is 1. The van der Waals surface area contributed by atoms with Gasteiger partial charge in [0.1, 0.15) is 6.04 Å². The maximum atomic E-state index is 12.0. The lowest BCUT2D eigenvalue weighted by molar-refractivity contribution is -0.175. The smallest absolute Gasteiger partial charge is 0.329 e. The minimum absolute atomic E-state index is 0.0457. The van der Waals surface area contributed by atoms with Crippen molar-refractivity contribution in [2.75, 3.05) is 6.61 Å². The Morgan fingerprint density at radius 2 is 1.95 bits per heavy atom. The number of benzene rings is 1. The summed E-state index contributed by atoms with van der Waals surface area (Å²) in [5, 5.41) is 0. The highest BCUT2D eigenvalue weighted by Gasteiger charge is 2.50. The highest BCUT2D eigenvalue weighted by molar-refractivity contribution is 5.97. The number of rotatable bonds is 5. The van der Waals surface area contributed by atoms with Crippen molar-refractivity contribution >= 4 is 11.9 Å². The van der Waals surface area contributed by atoms with Crippen LogP contribution in [-0.2, 0) is 20.9 Å². The Bertz CT molecular complexity index is 458. The lowest BCUT2D eigenvalue weighted by Gasteiger charge is -2.45. The van der Waals surface area contributed by atoms with Crippen molar-refractivity contribution in [1.29, 1.82) is 0 Å². The third-order valence-corrected chi connectivity index (χ3v) is 3.48. The highest BCUT2D eigenvalue weighted by atomic mass is 16.5. The zero-order chi connectivity index (χ0) is 13.8. The molecule has 0 aromatic heterocycles. The van der Waals surface area contributed by atoms with Gasteiger partial charge < -0.3 is 9.64 Å². The molecule has 2 rings (SSSR count). The van der Waals surface area contributed by atoms with Crippen LogP contribution in [0.2, 0.25) is 0 Å². The SMILES string of the molecule is CCOC(=O)[C@@H]1[C@H](CC)C(=O)N1Cc1ccccc1. The zero-order valence-electron chi connectivity index (χ0n) is 11.3. The lowest BCUT2D eigenvalue weighted by Crippen LogP contribution is -2.63. The molecule has 0 aliphatic carbocycles. The number of esters is 1. The summed E-state index contributed by atoms with van der Waals surface area (Å²) in [5.41, 5.74) is 1.03. The van der Waals surface area contributed by atoms with Gasteiger partial charge in [-0.1, -0.05) is 37.3 Å². The molecule has 1 aromatic rings. The quantitative estimate of drug-likeness (QED) is 0.601. The molecule has 2 atom stereocenters. The molecular weight excluding hydrogens is 242 g/mol. The molecule has 1 amide bonds. The Kier molecular flexibility index (Phi) is 4.20. The summed E-state index contributed by atoms with van der Waals surface area (Å²) >= 11 is 0. The van der Waals surface area contributed by atoms with Crippen molar-refractivity contribution in [1.82, 2.24) is 4.90 Å². The van der Waals surface area contributed by atoms with Gasteiger partial charge in [-0.3, -0.25) is 4.79 Å². The molecule has 0 N–H and O–H groups in total. The largest absolute Gasteiger partial charge is 0.464 e. The molecule has 0 saturated carbocycles. The number of carbonyl (C=O) groups is 2. The van der Waals surface area contributed by atoms with E-state index in [1.165, 1.54) is 0 Å². The molecule has 0 bridgehead atoms.